The van der Waals surface area contributed by atoms with Crippen LogP contribution < -0.4 is 0 Å². The molecule has 6 heteroatoms. The van der Waals surface area contributed by atoms with Crippen molar-refractivity contribution >= 4 is 39.4 Å². The summed E-state index contributed by atoms with van der Waals surface area (Å²) in [5.74, 6) is 0. The lowest BCUT2D eigenvalue weighted by Gasteiger charge is -1.93. The molecule has 2 heterocycles. The van der Waals surface area contributed by atoms with Crippen LogP contribution in [0.4, 0.5) is 5.00 Å². The second-order valence-electron chi connectivity index (χ2n) is 2.41. The summed E-state index contributed by atoms with van der Waals surface area (Å²) in [4.78, 5) is 12.1. The second-order valence-corrected chi connectivity index (χ2v) is 5.20. The van der Waals surface area contributed by atoms with Crippen molar-refractivity contribution in [3.05, 3.63) is 38.4 Å². The molecule has 2 aromatic heterocycles. The second kappa shape index (κ2) is 4.12. The summed E-state index contributed by atoms with van der Waals surface area (Å²) in [5.41, 5.74) is 0. The first kappa shape index (κ1) is 9.70. The Balaban J connectivity index is 2.25. The third-order valence-corrected chi connectivity index (χ3v) is 4.36. The summed E-state index contributed by atoms with van der Waals surface area (Å²) in [6.45, 7) is 0. The first-order valence-corrected chi connectivity index (χ1v) is 6.33. The van der Waals surface area contributed by atoms with Gasteiger partial charge in [-0.25, -0.2) is 0 Å². The highest BCUT2D eigenvalue weighted by Crippen LogP contribution is 2.38. The van der Waals surface area contributed by atoms with Gasteiger partial charge in [-0.05, 0) is 22.9 Å². The fraction of sp³-hybridized carbons (Fsp3) is 0. The van der Waals surface area contributed by atoms with Crippen LogP contribution in [0.1, 0.15) is 0 Å². The smallest absolute Gasteiger partial charge is 0.258 e. The molecule has 0 aromatic carbocycles. The number of thiophene rings is 2. The SMILES string of the molecule is O=[N+]([O-])c1sccc1Sc1ccsc1. The van der Waals surface area contributed by atoms with Gasteiger partial charge in [-0.2, -0.15) is 11.3 Å². The van der Waals surface area contributed by atoms with E-state index in [1.165, 1.54) is 11.8 Å². The molecule has 0 radical (unpaired) electrons. The van der Waals surface area contributed by atoms with Crippen molar-refractivity contribution < 1.29 is 4.92 Å². The zero-order valence-corrected chi connectivity index (χ0v) is 9.32. The van der Waals surface area contributed by atoms with E-state index in [-0.39, 0.29) is 9.92 Å². The lowest BCUT2D eigenvalue weighted by atomic mass is 10.6. The first-order chi connectivity index (χ1) is 6.77. The Morgan fingerprint density at radius 1 is 1.36 bits per heavy atom. The lowest BCUT2D eigenvalue weighted by Crippen LogP contribution is -1.84. The van der Waals surface area contributed by atoms with Gasteiger partial charge in [-0.1, -0.05) is 23.1 Å². The number of hydrogen-bond acceptors (Lipinski definition) is 5. The first-order valence-electron chi connectivity index (χ1n) is 3.69. The highest BCUT2D eigenvalue weighted by atomic mass is 32.2. The lowest BCUT2D eigenvalue weighted by molar-refractivity contribution is -0.382. The number of nitrogens with zero attached hydrogens (tertiary/aromatic N) is 1. The average Bonchev–Trinajstić information content (AvgIpc) is 2.75. The van der Waals surface area contributed by atoms with Gasteiger partial charge < -0.3 is 0 Å². The van der Waals surface area contributed by atoms with E-state index in [1.54, 1.807) is 22.8 Å². The van der Waals surface area contributed by atoms with Crippen LogP contribution in [-0.4, -0.2) is 4.92 Å². The van der Waals surface area contributed by atoms with E-state index in [4.69, 9.17) is 0 Å². The zero-order chi connectivity index (χ0) is 9.97. The maximum atomic E-state index is 10.6. The molecule has 0 N–H and O–H groups in total. The van der Waals surface area contributed by atoms with Crippen molar-refractivity contribution in [2.24, 2.45) is 0 Å². The number of hydrogen-bond donors (Lipinski definition) is 0. The fourth-order valence-electron chi connectivity index (χ4n) is 0.937. The van der Waals surface area contributed by atoms with Crippen LogP contribution in [-0.2, 0) is 0 Å². The van der Waals surface area contributed by atoms with Gasteiger partial charge in [-0.3, -0.25) is 10.1 Å². The van der Waals surface area contributed by atoms with E-state index in [1.807, 2.05) is 16.8 Å². The Kier molecular flexibility index (Phi) is 2.85. The third kappa shape index (κ3) is 1.97. The summed E-state index contributed by atoms with van der Waals surface area (Å²) in [5, 5.41) is 16.5. The highest BCUT2D eigenvalue weighted by Gasteiger charge is 2.16. The predicted molar refractivity (Wildman–Crippen MR) is 59.4 cm³/mol. The minimum Gasteiger partial charge on any atom is -0.258 e. The molecule has 0 aliphatic carbocycles. The third-order valence-electron chi connectivity index (χ3n) is 1.50. The summed E-state index contributed by atoms with van der Waals surface area (Å²) in [6.07, 6.45) is 0. The molecular formula is C8H5NO2S3. The summed E-state index contributed by atoms with van der Waals surface area (Å²) in [6, 6.07) is 3.74. The van der Waals surface area contributed by atoms with E-state index in [0.717, 1.165) is 21.1 Å². The Morgan fingerprint density at radius 2 is 2.21 bits per heavy atom. The molecule has 0 aliphatic heterocycles. The van der Waals surface area contributed by atoms with Crippen LogP contribution in [0.25, 0.3) is 0 Å². The maximum absolute atomic E-state index is 10.6. The highest BCUT2D eigenvalue weighted by molar-refractivity contribution is 7.99. The van der Waals surface area contributed by atoms with Crippen LogP contribution in [0.5, 0.6) is 0 Å². The quantitative estimate of drug-likeness (QED) is 0.607. The molecule has 3 nitrogen and oxygen atoms in total. The van der Waals surface area contributed by atoms with Crippen LogP contribution in [0.2, 0.25) is 0 Å². The largest absolute Gasteiger partial charge is 0.337 e. The van der Waals surface area contributed by atoms with E-state index in [9.17, 15) is 10.1 Å². The molecule has 72 valence electrons. The zero-order valence-electron chi connectivity index (χ0n) is 6.88. The van der Waals surface area contributed by atoms with Crippen LogP contribution in [0, 0.1) is 10.1 Å². The molecule has 14 heavy (non-hydrogen) atoms. The van der Waals surface area contributed by atoms with Gasteiger partial charge in [-0.15, -0.1) is 0 Å². The number of nitro groups is 1. The van der Waals surface area contributed by atoms with Crippen molar-refractivity contribution in [1.82, 2.24) is 0 Å². The van der Waals surface area contributed by atoms with Crippen molar-refractivity contribution in [1.29, 1.82) is 0 Å². The topological polar surface area (TPSA) is 43.1 Å². The minimum atomic E-state index is -0.334. The molecule has 0 bridgehead atoms. The Hall–Kier alpha value is -0.850. The van der Waals surface area contributed by atoms with Gasteiger partial charge in [0.25, 0.3) is 0 Å². The van der Waals surface area contributed by atoms with E-state index in [0.29, 0.717) is 0 Å². The molecule has 0 amide bonds. The molecule has 2 aromatic rings. The molecular weight excluding hydrogens is 238 g/mol. The maximum Gasteiger partial charge on any atom is 0.337 e. The van der Waals surface area contributed by atoms with Gasteiger partial charge in [0.1, 0.15) is 4.90 Å². The molecule has 2 rings (SSSR count). The van der Waals surface area contributed by atoms with E-state index < -0.39 is 0 Å². The van der Waals surface area contributed by atoms with Gasteiger partial charge in [0.2, 0.25) is 0 Å². The fourth-order valence-corrected chi connectivity index (χ4v) is 3.55. The molecule has 0 aliphatic rings. The summed E-state index contributed by atoms with van der Waals surface area (Å²) < 4.78 is 0. The molecule has 0 saturated carbocycles. The van der Waals surface area contributed by atoms with E-state index >= 15 is 0 Å². The Morgan fingerprint density at radius 3 is 2.86 bits per heavy atom. The molecule has 0 fully saturated rings. The molecule has 0 unspecified atom stereocenters. The van der Waals surface area contributed by atoms with Crippen molar-refractivity contribution in [3.63, 3.8) is 0 Å². The Labute approximate surface area is 92.5 Å². The van der Waals surface area contributed by atoms with Crippen LogP contribution in [0.3, 0.4) is 0 Å². The minimum absolute atomic E-state index is 0.223. The molecule has 0 atom stereocenters. The van der Waals surface area contributed by atoms with Gasteiger partial charge in [0.15, 0.2) is 0 Å². The van der Waals surface area contributed by atoms with Crippen molar-refractivity contribution in [3.8, 4) is 0 Å². The monoisotopic (exact) mass is 243 g/mol. The predicted octanol–water partition coefficient (Wildman–Crippen LogP) is 3.87. The van der Waals surface area contributed by atoms with Gasteiger partial charge in [0, 0.05) is 10.3 Å². The van der Waals surface area contributed by atoms with Crippen molar-refractivity contribution in [2.45, 2.75) is 9.79 Å². The normalized spacial score (nSPS) is 10.3. The average molecular weight is 243 g/mol. The number of rotatable bonds is 3. The van der Waals surface area contributed by atoms with Gasteiger partial charge in [0.05, 0.1) is 4.92 Å². The van der Waals surface area contributed by atoms with Crippen molar-refractivity contribution in [2.75, 3.05) is 0 Å². The summed E-state index contributed by atoms with van der Waals surface area (Å²) in [7, 11) is 0. The molecule has 0 saturated heterocycles. The molecule has 0 spiro atoms. The summed E-state index contributed by atoms with van der Waals surface area (Å²) >= 11 is 4.19. The van der Waals surface area contributed by atoms with Gasteiger partial charge >= 0.3 is 5.00 Å². The Bertz CT molecular complexity index is 435. The van der Waals surface area contributed by atoms with Crippen LogP contribution >= 0.6 is 34.4 Å². The van der Waals surface area contributed by atoms with Crippen LogP contribution in [0.15, 0.2) is 38.1 Å². The van der Waals surface area contributed by atoms with E-state index in [2.05, 4.69) is 0 Å². The standard InChI is InChI=1S/C8H5NO2S3/c10-9(11)8-7(2-4-13-8)14-6-1-3-12-5-6/h1-5H.